The number of thiophene rings is 1. The van der Waals surface area contributed by atoms with Crippen LogP contribution in [0.15, 0.2) is 71.6 Å². The molecule has 8 heteroatoms. The fourth-order valence-corrected chi connectivity index (χ4v) is 4.60. The lowest BCUT2D eigenvalue weighted by Crippen LogP contribution is -2.29. The lowest BCUT2D eigenvalue weighted by molar-refractivity contribution is -0.137. The number of rotatable bonds is 3. The van der Waals surface area contributed by atoms with Crippen molar-refractivity contribution >= 4 is 34.5 Å². The number of alkyl halides is 3. The predicted octanol–water partition coefficient (Wildman–Crippen LogP) is 5.70. The van der Waals surface area contributed by atoms with E-state index in [-0.39, 0.29) is 17.0 Å². The summed E-state index contributed by atoms with van der Waals surface area (Å²) in [4.78, 5) is 27.7. The zero-order valence-electron chi connectivity index (χ0n) is 16.2. The highest BCUT2D eigenvalue weighted by Gasteiger charge is 2.48. The van der Waals surface area contributed by atoms with Gasteiger partial charge >= 0.3 is 6.18 Å². The largest absolute Gasteiger partial charge is 0.507 e. The van der Waals surface area contributed by atoms with E-state index >= 15 is 0 Å². The molecule has 0 bridgehead atoms. The Balaban J connectivity index is 1.90. The highest BCUT2D eigenvalue weighted by molar-refractivity contribution is 7.10. The van der Waals surface area contributed by atoms with Gasteiger partial charge in [-0.05, 0) is 48.2 Å². The molecule has 1 aliphatic heterocycles. The van der Waals surface area contributed by atoms with E-state index in [1.54, 1.807) is 42.6 Å². The van der Waals surface area contributed by atoms with Crippen molar-refractivity contribution in [2.75, 3.05) is 4.90 Å². The second kappa shape index (κ2) is 7.70. The highest BCUT2D eigenvalue weighted by atomic mass is 32.1. The first-order valence-electron chi connectivity index (χ1n) is 9.28. The Bertz CT molecular complexity index is 1180. The number of aliphatic hydroxyl groups excluding tert-OH is 1. The molecule has 31 heavy (non-hydrogen) atoms. The highest BCUT2D eigenvalue weighted by Crippen LogP contribution is 2.45. The molecule has 158 valence electrons. The van der Waals surface area contributed by atoms with E-state index in [0.29, 0.717) is 10.4 Å². The van der Waals surface area contributed by atoms with Crippen molar-refractivity contribution in [3.63, 3.8) is 0 Å². The summed E-state index contributed by atoms with van der Waals surface area (Å²) in [6.07, 6.45) is -4.52. The Hall–Kier alpha value is -3.39. The van der Waals surface area contributed by atoms with Crippen molar-refractivity contribution in [1.82, 2.24) is 0 Å². The minimum Gasteiger partial charge on any atom is -0.507 e. The topological polar surface area (TPSA) is 57.6 Å². The van der Waals surface area contributed by atoms with E-state index in [0.717, 1.165) is 34.7 Å². The van der Waals surface area contributed by atoms with Crippen LogP contribution in [0.4, 0.5) is 18.9 Å². The maximum Gasteiger partial charge on any atom is 0.416 e. The second-order valence-electron chi connectivity index (χ2n) is 7.05. The van der Waals surface area contributed by atoms with Gasteiger partial charge in [0, 0.05) is 16.1 Å². The maximum absolute atomic E-state index is 13.0. The summed E-state index contributed by atoms with van der Waals surface area (Å²) in [5.41, 5.74) is 0.350. The molecule has 1 unspecified atom stereocenters. The second-order valence-corrected chi connectivity index (χ2v) is 8.00. The number of aliphatic hydroxyl groups is 1. The molecule has 1 atom stereocenters. The molecule has 0 spiro atoms. The van der Waals surface area contributed by atoms with E-state index in [9.17, 15) is 27.9 Å². The standard InChI is InChI=1S/C23H16F3NO3S/c1-13-11-12-31-21(13)18-17(19(28)14-5-3-2-4-6-14)20(29)22(30)27(18)16-9-7-15(8-10-16)23(24,25)26/h2-12,18,28H,1H3/b19-17-. The van der Waals surface area contributed by atoms with E-state index in [1.807, 2.05) is 6.07 Å². The van der Waals surface area contributed by atoms with Crippen LogP contribution >= 0.6 is 11.3 Å². The van der Waals surface area contributed by atoms with Crippen LogP contribution in [-0.2, 0) is 15.8 Å². The normalized spacial score (nSPS) is 18.6. The van der Waals surface area contributed by atoms with Gasteiger partial charge in [-0.25, -0.2) is 0 Å². The third-order valence-electron chi connectivity index (χ3n) is 5.11. The van der Waals surface area contributed by atoms with Crippen LogP contribution in [0.5, 0.6) is 0 Å². The summed E-state index contributed by atoms with van der Waals surface area (Å²) < 4.78 is 38.9. The Kier molecular flexibility index (Phi) is 5.18. The number of carbonyl (C=O) groups excluding carboxylic acids is 2. The van der Waals surface area contributed by atoms with Gasteiger partial charge in [-0.3, -0.25) is 14.5 Å². The zero-order valence-corrected chi connectivity index (χ0v) is 17.0. The molecule has 0 radical (unpaired) electrons. The predicted molar refractivity (Wildman–Crippen MR) is 112 cm³/mol. The molecule has 0 aliphatic carbocycles. The van der Waals surface area contributed by atoms with Gasteiger partial charge in [0.2, 0.25) is 0 Å². The van der Waals surface area contributed by atoms with Crippen molar-refractivity contribution in [3.05, 3.63) is 93.2 Å². The third-order valence-corrected chi connectivity index (χ3v) is 6.19. The van der Waals surface area contributed by atoms with Crippen LogP contribution in [0.3, 0.4) is 0 Å². The van der Waals surface area contributed by atoms with Crippen molar-refractivity contribution in [3.8, 4) is 0 Å². The molecule has 2 aromatic carbocycles. The molecular weight excluding hydrogens is 427 g/mol. The molecule has 4 rings (SSSR count). The van der Waals surface area contributed by atoms with Gasteiger partial charge in [-0.15, -0.1) is 11.3 Å². The molecular formula is C23H16F3NO3S. The fraction of sp³-hybridized carbons (Fsp3) is 0.130. The molecule has 2 heterocycles. The number of ketones is 1. The van der Waals surface area contributed by atoms with E-state index in [1.165, 1.54) is 11.3 Å². The Morgan fingerprint density at radius 1 is 1.00 bits per heavy atom. The third kappa shape index (κ3) is 3.63. The smallest absolute Gasteiger partial charge is 0.416 e. The number of nitrogens with zero attached hydrogens (tertiary/aromatic N) is 1. The van der Waals surface area contributed by atoms with Crippen LogP contribution in [0.25, 0.3) is 5.76 Å². The van der Waals surface area contributed by atoms with Gasteiger partial charge in [0.15, 0.2) is 0 Å². The van der Waals surface area contributed by atoms with Gasteiger partial charge in [-0.1, -0.05) is 30.3 Å². The average Bonchev–Trinajstić information content (AvgIpc) is 3.28. The van der Waals surface area contributed by atoms with E-state index < -0.39 is 29.5 Å². The van der Waals surface area contributed by atoms with Gasteiger partial charge in [0.25, 0.3) is 11.7 Å². The summed E-state index contributed by atoms with van der Waals surface area (Å²) in [6.45, 7) is 1.81. The number of Topliss-reactive ketones (excluding diaryl/α,β-unsaturated/α-hetero) is 1. The molecule has 1 amide bonds. The molecule has 1 saturated heterocycles. The van der Waals surface area contributed by atoms with Crippen LogP contribution in [-0.4, -0.2) is 16.8 Å². The summed E-state index contributed by atoms with van der Waals surface area (Å²) in [7, 11) is 0. The summed E-state index contributed by atoms with van der Waals surface area (Å²) in [5.74, 6) is -2.12. The summed E-state index contributed by atoms with van der Waals surface area (Å²) in [6, 6.07) is 13.3. The van der Waals surface area contributed by atoms with E-state index in [4.69, 9.17) is 0 Å². The maximum atomic E-state index is 13.0. The van der Waals surface area contributed by atoms with Crippen LogP contribution in [0, 0.1) is 6.92 Å². The van der Waals surface area contributed by atoms with Crippen molar-refractivity contribution < 1.29 is 27.9 Å². The molecule has 1 N–H and O–H groups in total. The zero-order chi connectivity index (χ0) is 22.3. The van der Waals surface area contributed by atoms with E-state index in [2.05, 4.69) is 0 Å². The number of carbonyl (C=O) groups is 2. The fourth-order valence-electron chi connectivity index (χ4n) is 3.57. The quantitative estimate of drug-likeness (QED) is 0.321. The van der Waals surface area contributed by atoms with Crippen LogP contribution < -0.4 is 4.90 Å². The molecule has 1 aromatic heterocycles. The SMILES string of the molecule is Cc1ccsc1C1/C(=C(/O)c2ccccc2)C(=O)C(=O)N1c1ccc(C(F)(F)F)cc1. The van der Waals surface area contributed by atoms with Crippen molar-refractivity contribution in [2.45, 2.75) is 19.1 Å². The summed E-state index contributed by atoms with van der Waals surface area (Å²) in [5, 5.41) is 12.7. The number of amides is 1. The average molecular weight is 443 g/mol. The number of hydrogen-bond donors (Lipinski definition) is 1. The summed E-state index contributed by atoms with van der Waals surface area (Å²) >= 11 is 1.30. The number of halogens is 3. The Labute approximate surface area is 179 Å². The van der Waals surface area contributed by atoms with Gasteiger partial charge < -0.3 is 5.11 Å². The number of anilines is 1. The molecule has 0 saturated carbocycles. The number of aryl methyl sites for hydroxylation is 1. The molecule has 3 aromatic rings. The number of hydrogen-bond acceptors (Lipinski definition) is 4. The molecule has 4 nitrogen and oxygen atoms in total. The van der Waals surface area contributed by atoms with Gasteiger partial charge in [-0.2, -0.15) is 13.2 Å². The lowest BCUT2D eigenvalue weighted by Gasteiger charge is -2.25. The monoisotopic (exact) mass is 443 g/mol. The Morgan fingerprint density at radius 2 is 1.65 bits per heavy atom. The lowest BCUT2D eigenvalue weighted by atomic mass is 9.98. The van der Waals surface area contributed by atoms with Gasteiger partial charge in [0.1, 0.15) is 11.8 Å². The van der Waals surface area contributed by atoms with Crippen molar-refractivity contribution in [1.29, 1.82) is 0 Å². The first-order valence-corrected chi connectivity index (χ1v) is 10.2. The molecule has 1 fully saturated rings. The Morgan fingerprint density at radius 3 is 2.19 bits per heavy atom. The minimum absolute atomic E-state index is 0.0957. The van der Waals surface area contributed by atoms with Crippen LogP contribution in [0.1, 0.15) is 27.6 Å². The molecule has 1 aliphatic rings. The first-order chi connectivity index (χ1) is 14.7. The minimum atomic E-state index is -4.52. The first kappa shape index (κ1) is 20.9. The van der Waals surface area contributed by atoms with Crippen LogP contribution in [0.2, 0.25) is 0 Å². The van der Waals surface area contributed by atoms with Crippen molar-refractivity contribution in [2.24, 2.45) is 0 Å². The number of benzene rings is 2. The van der Waals surface area contributed by atoms with Gasteiger partial charge in [0.05, 0.1) is 11.1 Å².